The van der Waals surface area contributed by atoms with E-state index in [-0.39, 0.29) is 37.2 Å². The number of hydrogen-bond acceptors (Lipinski definition) is 7. The van der Waals surface area contributed by atoms with Crippen LogP contribution in [0.5, 0.6) is 5.75 Å². The first-order valence-corrected chi connectivity index (χ1v) is 9.33. The molecule has 0 atom stereocenters. The summed E-state index contributed by atoms with van der Waals surface area (Å²) in [4.78, 5) is 28.3. The van der Waals surface area contributed by atoms with Gasteiger partial charge in [-0.25, -0.2) is 0 Å². The van der Waals surface area contributed by atoms with Gasteiger partial charge in [0.1, 0.15) is 16.7 Å². The zero-order valence-electron chi connectivity index (χ0n) is 15.5. The lowest BCUT2D eigenvalue weighted by Crippen LogP contribution is -2.31. The summed E-state index contributed by atoms with van der Waals surface area (Å²) in [7, 11) is 5.39. The van der Waals surface area contributed by atoms with E-state index in [9.17, 15) is 9.59 Å². The molecule has 1 aromatic rings. The molecule has 1 aromatic carbocycles. The Kier molecular flexibility index (Phi) is 9.79. The van der Waals surface area contributed by atoms with Crippen LogP contribution < -0.4 is 4.74 Å². The van der Waals surface area contributed by atoms with Crippen molar-refractivity contribution in [2.24, 2.45) is 0 Å². The number of thiocarbonyl (C=S) groups is 1. The third-order valence-electron chi connectivity index (χ3n) is 3.64. The maximum absolute atomic E-state index is 12.6. The highest BCUT2D eigenvalue weighted by Gasteiger charge is 2.32. The molecule has 0 saturated carbocycles. The first-order valence-electron chi connectivity index (χ1n) is 8.11. The molecule has 0 radical (unpaired) electrons. The molecule has 0 aliphatic carbocycles. The van der Waals surface area contributed by atoms with Crippen LogP contribution in [0, 0.1) is 0 Å². The van der Waals surface area contributed by atoms with Gasteiger partial charge >= 0.3 is 5.97 Å². The van der Waals surface area contributed by atoms with Crippen molar-refractivity contribution in [3.8, 4) is 5.75 Å². The largest absolute Gasteiger partial charge is 0.496 e. The van der Waals surface area contributed by atoms with Crippen molar-refractivity contribution >= 4 is 58.7 Å². The minimum atomic E-state index is -0.338. The van der Waals surface area contributed by atoms with Gasteiger partial charge in [0.15, 0.2) is 0 Å². The van der Waals surface area contributed by atoms with Crippen molar-refractivity contribution < 1.29 is 19.1 Å². The minimum absolute atomic E-state index is 0. The number of carbonyl (C=O) groups excluding carboxylic acids is 2. The van der Waals surface area contributed by atoms with Gasteiger partial charge in [-0.15, -0.1) is 12.4 Å². The maximum atomic E-state index is 12.6. The van der Waals surface area contributed by atoms with E-state index in [0.717, 1.165) is 5.56 Å². The molecule has 0 aromatic heterocycles. The highest BCUT2D eigenvalue weighted by Crippen LogP contribution is 2.34. The lowest BCUT2D eigenvalue weighted by atomic mass is 10.2. The monoisotopic (exact) mass is 430 g/mol. The van der Waals surface area contributed by atoms with Crippen molar-refractivity contribution in [2.45, 2.75) is 6.42 Å². The Bertz CT molecular complexity index is 725. The predicted octanol–water partition coefficient (Wildman–Crippen LogP) is 2.81. The predicted molar refractivity (Wildman–Crippen MR) is 114 cm³/mol. The fourth-order valence-corrected chi connectivity index (χ4v) is 3.54. The Labute approximate surface area is 175 Å². The number of likely N-dealkylation sites (N-methyl/N-ethyl adjacent to an activating group) is 1. The molecule has 1 aliphatic rings. The van der Waals surface area contributed by atoms with E-state index in [0.29, 0.717) is 28.1 Å². The Morgan fingerprint density at radius 3 is 2.70 bits per heavy atom. The zero-order valence-corrected chi connectivity index (χ0v) is 17.9. The highest BCUT2D eigenvalue weighted by atomic mass is 35.5. The number of carbonyl (C=O) groups is 2. The molecule has 1 heterocycles. The molecule has 2 rings (SSSR count). The summed E-state index contributed by atoms with van der Waals surface area (Å²) in [5.41, 5.74) is 0.804. The second kappa shape index (κ2) is 11.3. The van der Waals surface area contributed by atoms with Crippen LogP contribution in [-0.4, -0.2) is 66.9 Å². The fraction of sp³-hybridized carbons (Fsp3) is 0.389. The zero-order chi connectivity index (χ0) is 19.1. The number of benzene rings is 1. The quantitative estimate of drug-likeness (QED) is 0.357. The summed E-state index contributed by atoms with van der Waals surface area (Å²) < 4.78 is 10.9. The molecule has 0 unspecified atom stereocenters. The number of ether oxygens (including phenoxy) is 2. The van der Waals surface area contributed by atoms with Gasteiger partial charge in [0.05, 0.1) is 18.4 Å². The van der Waals surface area contributed by atoms with Gasteiger partial charge in [0.25, 0.3) is 5.91 Å². The van der Waals surface area contributed by atoms with Crippen LogP contribution in [0.3, 0.4) is 0 Å². The Balaban J connectivity index is 0.00000364. The van der Waals surface area contributed by atoms with E-state index in [1.807, 2.05) is 43.3 Å². The average molecular weight is 431 g/mol. The topological polar surface area (TPSA) is 59.1 Å². The van der Waals surface area contributed by atoms with Gasteiger partial charge in [-0.3, -0.25) is 14.5 Å². The van der Waals surface area contributed by atoms with Gasteiger partial charge in [0.2, 0.25) is 0 Å². The Morgan fingerprint density at radius 2 is 2.04 bits per heavy atom. The third kappa shape index (κ3) is 6.80. The van der Waals surface area contributed by atoms with Crippen molar-refractivity contribution in [3.05, 3.63) is 34.7 Å². The fourth-order valence-electron chi connectivity index (χ4n) is 2.24. The van der Waals surface area contributed by atoms with Gasteiger partial charge in [-0.2, -0.15) is 0 Å². The van der Waals surface area contributed by atoms with E-state index >= 15 is 0 Å². The van der Waals surface area contributed by atoms with Gasteiger partial charge in [-0.05, 0) is 26.2 Å². The Hall–Kier alpha value is -1.61. The summed E-state index contributed by atoms with van der Waals surface area (Å²) >= 11 is 6.51. The van der Waals surface area contributed by atoms with Gasteiger partial charge < -0.3 is 14.4 Å². The van der Waals surface area contributed by atoms with Crippen LogP contribution in [0.2, 0.25) is 0 Å². The first-order chi connectivity index (χ1) is 12.4. The first kappa shape index (κ1) is 23.4. The number of para-hydroxylation sites is 1. The van der Waals surface area contributed by atoms with Crippen LogP contribution in [-0.2, 0) is 14.3 Å². The maximum Gasteiger partial charge on any atom is 0.307 e. The van der Waals surface area contributed by atoms with Crippen LogP contribution >= 0.6 is 36.4 Å². The Morgan fingerprint density at radius 1 is 1.33 bits per heavy atom. The molecule has 6 nitrogen and oxygen atoms in total. The normalized spacial score (nSPS) is 15.3. The average Bonchev–Trinajstić information content (AvgIpc) is 2.86. The molecule has 1 fully saturated rings. The molecule has 1 saturated heterocycles. The second-order valence-corrected chi connectivity index (χ2v) is 7.52. The van der Waals surface area contributed by atoms with E-state index in [4.69, 9.17) is 21.7 Å². The standard InChI is InChI=1S/C18H22N2O4S2.ClH/c1-19(2)10-11-24-16(21)8-9-20-17(22)15(26-18(20)25)12-13-6-4-5-7-14(13)23-3;/h4-7,12H,8-11H2,1-3H3;1H/b15-12+;. The summed E-state index contributed by atoms with van der Waals surface area (Å²) in [6.45, 7) is 1.21. The number of esters is 1. The van der Waals surface area contributed by atoms with Crippen molar-refractivity contribution in [2.75, 3.05) is 40.9 Å². The molecule has 27 heavy (non-hydrogen) atoms. The van der Waals surface area contributed by atoms with Gasteiger partial charge in [-0.1, -0.05) is 42.2 Å². The smallest absolute Gasteiger partial charge is 0.307 e. The number of rotatable bonds is 8. The summed E-state index contributed by atoms with van der Waals surface area (Å²) in [5, 5.41) is 0. The van der Waals surface area contributed by atoms with E-state index in [1.54, 1.807) is 13.2 Å². The SMILES string of the molecule is COc1ccccc1/C=C1/SC(=S)N(CCC(=O)OCCN(C)C)C1=O.Cl. The van der Waals surface area contributed by atoms with Crippen LogP contribution in [0.4, 0.5) is 0 Å². The van der Waals surface area contributed by atoms with Gasteiger partial charge in [0, 0.05) is 18.7 Å². The summed E-state index contributed by atoms with van der Waals surface area (Å²) in [6.07, 6.45) is 1.87. The van der Waals surface area contributed by atoms with E-state index in [2.05, 4.69) is 0 Å². The minimum Gasteiger partial charge on any atom is -0.496 e. The van der Waals surface area contributed by atoms with Crippen LogP contribution in [0.1, 0.15) is 12.0 Å². The molecular weight excluding hydrogens is 408 g/mol. The molecule has 0 N–H and O–H groups in total. The number of amides is 1. The van der Waals surface area contributed by atoms with Crippen LogP contribution in [0.25, 0.3) is 6.08 Å². The van der Waals surface area contributed by atoms with E-state index in [1.165, 1.54) is 16.7 Å². The molecule has 9 heteroatoms. The lowest BCUT2D eigenvalue weighted by Gasteiger charge is -2.14. The number of nitrogens with zero attached hydrogens (tertiary/aromatic N) is 2. The second-order valence-electron chi connectivity index (χ2n) is 5.85. The lowest BCUT2D eigenvalue weighted by molar-refractivity contribution is -0.144. The summed E-state index contributed by atoms with van der Waals surface area (Å²) in [5.74, 6) is 0.142. The number of methoxy groups -OCH3 is 1. The van der Waals surface area contributed by atoms with Crippen molar-refractivity contribution in [1.82, 2.24) is 9.80 Å². The molecule has 148 valence electrons. The van der Waals surface area contributed by atoms with Crippen LogP contribution in [0.15, 0.2) is 29.2 Å². The highest BCUT2D eigenvalue weighted by molar-refractivity contribution is 8.26. The number of hydrogen-bond donors (Lipinski definition) is 0. The number of thioether (sulfide) groups is 1. The number of halogens is 1. The molecule has 0 spiro atoms. The third-order valence-corrected chi connectivity index (χ3v) is 5.02. The van der Waals surface area contributed by atoms with E-state index < -0.39 is 0 Å². The summed E-state index contributed by atoms with van der Waals surface area (Å²) in [6, 6.07) is 7.44. The van der Waals surface area contributed by atoms with Crippen molar-refractivity contribution in [3.63, 3.8) is 0 Å². The molecular formula is C18H23ClN2O4S2. The molecule has 1 aliphatic heterocycles. The molecule has 1 amide bonds. The molecule has 0 bridgehead atoms. The van der Waals surface area contributed by atoms with Crippen molar-refractivity contribution in [1.29, 1.82) is 0 Å².